The van der Waals surface area contributed by atoms with Crippen molar-refractivity contribution in [3.63, 3.8) is 0 Å². The second-order valence-electron chi connectivity index (χ2n) is 9.89. The maximum Gasteiger partial charge on any atom is 0.159 e. The molecule has 1 unspecified atom stereocenters. The molecule has 1 aliphatic heterocycles. The van der Waals surface area contributed by atoms with Gasteiger partial charge in [-0.05, 0) is 81.7 Å². The molecule has 1 aliphatic rings. The molecule has 1 atom stereocenters. The number of carbonyl (C=O) groups excluding carboxylic acids is 1. The summed E-state index contributed by atoms with van der Waals surface area (Å²) in [4.78, 5) is 28.9. The van der Waals surface area contributed by atoms with Gasteiger partial charge in [0.1, 0.15) is 6.29 Å². The van der Waals surface area contributed by atoms with Gasteiger partial charge in [0.2, 0.25) is 0 Å². The molecule has 2 aromatic heterocycles. The third-order valence-electron chi connectivity index (χ3n) is 7.07. The molecule has 3 heterocycles. The number of pyridine rings is 1. The van der Waals surface area contributed by atoms with E-state index in [1.54, 1.807) is 36.8 Å². The van der Waals surface area contributed by atoms with Crippen molar-refractivity contribution in [2.24, 2.45) is 5.92 Å². The number of allylic oxidation sites excluding steroid dienone is 3. The predicted octanol–water partition coefficient (Wildman–Crippen LogP) is 4.92. The number of carbonyl (C=O) groups is 1. The van der Waals surface area contributed by atoms with Crippen molar-refractivity contribution >= 4 is 11.9 Å². The van der Waals surface area contributed by atoms with E-state index in [0.717, 1.165) is 48.9 Å². The number of benzene rings is 1. The number of ether oxygens (including phenoxy) is 1. The molecule has 0 amide bonds. The number of aldehydes is 1. The van der Waals surface area contributed by atoms with Gasteiger partial charge in [-0.25, -0.2) is 9.97 Å². The molecule has 0 saturated carbocycles. The lowest BCUT2D eigenvalue weighted by Gasteiger charge is -2.28. The summed E-state index contributed by atoms with van der Waals surface area (Å²) in [6.07, 6.45) is 13.2. The normalized spacial score (nSPS) is 15.6. The Kier molecular flexibility index (Phi) is 9.54. The molecule has 0 aliphatic carbocycles. The Morgan fingerprint density at radius 3 is 2.69 bits per heavy atom. The third kappa shape index (κ3) is 7.59. The summed E-state index contributed by atoms with van der Waals surface area (Å²) < 4.78 is 5.97. The number of nitriles is 1. The minimum atomic E-state index is 0.000810. The van der Waals surface area contributed by atoms with Crippen LogP contribution in [0.25, 0.3) is 17.0 Å². The van der Waals surface area contributed by atoms with Gasteiger partial charge in [-0.15, -0.1) is 0 Å². The van der Waals surface area contributed by atoms with E-state index >= 15 is 0 Å². The first kappa shape index (κ1) is 27.7. The summed E-state index contributed by atoms with van der Waals surface area (Å²) in [7, 11) is 4.13. The molecule has 0 spiro atoms. The Hall–Kier alpha value is -4.35. The zero-order valence-corrected chi connectivity index (χ0v) is 22.7. The predicted molar refractivity (Wildman–Crippen MR) is 151 cm³/mol. The summed E-state index contributed by atoms with van der Waals surface area (Å²) in [5.41, 5.74) is 3.85. The van der Waals surface area contributed by atoms with Crippen LogP contribution < -0.4 is 4.74 Å². The zero-order chi connectivity index (χ0) is 27.6. The topological polar surface area (TPSA) is 95.2 Å². The highest BCUT2D eigenvalue weighted by Gasteiger charge is 2.17. The SMILES string of the molecule is CC(c1cccc(-c2ncc(OCC3CCN(C)CC3)cn2)c1)N(C)/C=C(\C=C/C=O)c1cc(C#N)ccn1. The van der Waals surface area contributed by atoms with Crippen LogP contribution in [0.4, 0.5) is 0 Å². The largest absolute Gasteiger partial charge is 0.490 e. The van der Waals surface area contributed by atoms with Crippen molar-refractivity contribution in [1.82, 2.24) is 24.8 Å². The van der Waals surface area contributed by atoms with Crippen LogP contribution in [0.5, 0.6) is 5.75 Å². The van der Waals surface area contributed by atoms with Crippen molar-refractivity contribution in [2.45, 2.75) is 25.8 Å². The Labute approximate surface area is 230 Å². The molecule has 0 bridgehead atoms. The highest BCUT2D eigenvalue weighted by Crippen LogP contribution is 2.26. The van der Waals surface area contributed by atoms with Crippen LogP contribution in [0.15, 0.2) is 73.3 Å². The molecule has 3 aromatic rings. The van der Waals surface area contributed by atoms with Crippen molar-refractivity contribution in [2.75, 3.05) is 33.8 Å². The average molecular weight is 523 g/mol. The Morgan fingerprint density at radius 2 is 1.97 bits per heavy atom. The minimum Gasteiger partial charge on any atom is -0.490 e. The lowest BCUT2D eigenvalue weighted by Crippen LogP contribution is -2.32. The molecular formula is C31H34N6O2. The second kappa shape index (κ2) is 13.4. The van der Waals surface area contributed by atoms with E-state index < -0.39 is 0 Å². The van der Waals surface area contributed by atoms with E-state index in [1.807, 2.05) is 30.3 Å². The van der Waals surface area contributed by atoms with Gasteiger partial charge in [-0.3, -0.25) is 9.78 Å². The summed E-state index contributed by atoms with van der Waals surface area (Å²) in [6, 6.07) is 13.6. The van der Waals surface area contributed by atoms with Gasteiger partial charge in [0.15, 0.2) is 11.6 Å². The number of piperidine rings is 1. The number of hydrogen-bond acceptors (Lipinski definition) is 8. The summed E-state index contributed by atoms with van der Waals surface area (Å²) in [5, 5.41) is 9.26. The molecule has 0 N–H and O–H groups in total. The van der Waals surface area contributed by atoms with Gasteiger partial charge in [-0.1, -0.05) is 18.2 Å². The molecule has 39 heavy (non-hydrogen) atoms. The summed E-state index contributed by atoms with van der Waals surface area (Å²) >= 11 is 0. The maximum absolute atomic E-state index is 11.0. The van der Waals surface area contributed by atoms with E-state index in [2.05, 4.69) is 52.0 Å². The van der Waals surface area contributed by atoms with Gasteiger partial charge >= 0.3 is 0 Å². The molecule has 200 valence electrons. The Balaban J connectivity index is 1.46. The van der Waals surface area contributed by atoms with E-state index in [9.17, 15) is 10.1 Å². The fourth-order valence-corrected chi connectivity index (χ4v) is 4.48. The highest BCUT2D eigenvalue weighted by molar-refractivity contribution is 5.78. The van der Waals surface area contributed by atoms with Crippen LogP contribution in [-0.2, 0) is 4.79 Å². The summed E-state index contributed by atoms with van der Waals surface area (Å²) in [5.74, 6) is 1.91. The fraction of sp³-hybridized carbons (Fsp3) is 0.323. The average Bonchev–Trinajstić information content (AvgIpc) is 2.98. The number of hydrogen-bond donors (Lipinski definition) is 0. The van der Waals surface area contributed by atoms with Crippen molar-refractivity contribution in [3.8, 4) is 23.2 Å². The van der Waals surface area contributed by atoms with Crippen molar-refractivity contribution < 1.29 is 9.53 Å². The summed E-state index contributed by atoms with van der Waals surface area (Å²) in [6.45, 7) is 5.02. The first-order valence-electron chi connectivity index (χ1n) is 13.1. The molecule has 0 radical (unpaired) electrons. The van der Waals surface area contributed by atoms with Crippen molar-refractivity contribution in [1.29, 1.82) is 5.26 Å². The zero-order valence-electron chi connectivity index (χ0n) is 22.7. The van der Waals surface area contributed by atoms with E-state index in [0.29, 0.717) is 35.4 Å². The van der Waals surface area contributed by atoms with Crippen molar-refractivity contribution in [3.05, 3.63) is 90.2 Å². The van der Waals surface area contributed by atoms with Gasteiger partial charge in [0.05, 0.1) is 42.4 Å². The molecule has 1 fully saturated rings. The molecule has 8 heteroatoms. The van der Waals surface area contributed by atoms with E-state index in [1.165, 1.54) is 6.08 Å². The smallest absolute Gasteiger partial charge is 0.159 e. The number of rotatable bonds is 10. The monoisotopic (exact) mass is 522 g/mol. The standard InChI is InChI=1S/C31H34N6O2/c1-23(37(3)21-28(8-5-15-38)30-16-25(18-32)9-12-33-30)26-6-4-7-27(17-26)31-34-19-29(20-35-31)39-22-24-10-13-36(2)14-11-24/h4-9,12,15-17,19-21,23-24H,10-11,13-14,22H2,1-3H3/b8-5-,28-21+. The van der Waals surface area contributed by atoms with Crippen LogP contribution in [0.1, 0.15) is 42.6 Å². The number of likely N-dealkylation sites (tertiary alicyclic amines) is 1. The van der Waals surface area contributed by atoms with Gasteiger partial charge < -0.3 is 14.5 Å². The first-order chi connectivity index (χ1) is 19.0. The van der Waals surface area contributed by atoms with E-state index in [-0.39, 0.29) is 6.04 Å². The molecule has 4 rings (SSSR count). The lowest BCUT2D eigenvalue weighted by atomic mass is 9.98. The second-order valence-corrected chi connectivity index (χ2v) is 9.89. The minimum absolute atomic E-state index is 0.000810. The van der Waals surface area contributed by atoms with Crippen LogP contribution in [0.2, 0.25) is 0 Å². The lowest BCUT2D eigenvalue weighted by molar-refractivity contribution is -0.104. The molecule has 8 nitrogen and oxygen atoms in total. The number of nitrogens with zero attached hydrogens (tertiary/aromatic N) is 6. The van der Waals surface area contributed by atoms with Crippen LogP contribution >= 0.6 is 0 Å². The highest BCUT2D eigenvalue weighted by atomic mass is 16.5. The Morgan fingerprint density at radius 1 is 1.21 bits per heavy atom. The third-order valence-corrected chi connectivity index (χ3v) is 7.07. The van der Waals surface area contributed by atoms with Gasteiger partial charge in [-0.2, -0.15) is 5.26 Å². The molecule has 1 saturated heterocycles. The van der Waals surface area contributed by atoms with Crippen LogP contribution in [-0.4, -0.2) is 64.8 Å². The van der Waals surface area contributed by atoms with E-state index in [4.69, 9.17) is 4.74 Å². The van der Waals surface area contributed by atoms with Crippen LogP contribution in [0, 0.1) is 17.2 Å². The molecule has 1 aromatic carbocycles. The van der Waals surface area contributed by atoms with Crippen LogP contribution in [0.3, 0.4) is 0 Å². The van der Waals surface area contributed by atoms with Gasteiger partial charge in [0, 0.05) is 30.6 Å². The maximum atomic E-state index is 11.0. The number of aromatic nitrogens is 3. The van der Waals surface area contributed by atoms with Gasteiger partial charge in [0.25, 0.3) is 0 Å². The fourth-order valence-electron chi connectivity index (χ4n) is 4.48. The quantitative estimate of drug-likeness (QED) is 0.210. The molecular weight excluding hydrogens is 488 g/mol. The first-order valence-corrected chi connectivity index (χ1v) is 13.1. The Bertz CT molecular complexity index is 1350.